The zero-order chi connectivity index (χ0) is 15.0. The molecular formula is C16H29N3O. The number of aromatic nitrogens is 2. The number of aryl methyl sites for hydroxylation is 2. The molecule has 1 fully saturated rings. The van der Waals surface area contributed by atoms with Gasteiger partial charge in [0.15, 0.2) is 0 Å². The van der Waals surface area contributed by atoms with E-state index < -0.39 is 5.60 Å². The smallest absolute Gasteiger partial charge is 0.0772 e. The molecule has 1 heterocycles. The number of aliphatic hydroxyl groups is 1. The van der Waals surface area contributed by atoms with E-state index in [9.17, 15) is 5.11 Å². The lowest BCUT2D eigenvalue weighted by atomic mass is 9.71. The zero-order valence-electron chi connectivity index (χ0n) is 13.6. The molecule has 0 bridgehead atoms. The molecule has 1 aliphatic rings. The van der Waals surface area contributed by atoms with E-state index in [1.807, 2.05) is 18.7 Å². The first-order valence-electron chi connectivity index (χ1n) is 7.65. The number of nitrogens with zero attached hydrogens (tertiary/aromatic N) is 2. The predicted octanol–water partition coefficient (Wildman–Crippen LogP) is 2.46. The van der Waals surface area contributed by atoms with Gasteiger partial charge in [0.1, 0.15) is 0 Å². The van der Waals surface area contributed by atoms with Crippen LogP contribution in [0.25, 0.3) is 0 Å². The van der Waals surface area contributed by atoms with Crippen LogP contribution in [0.3, 0.4) is 0 Å². The summed E-state index contributed by atoms with van der Waals surface area (Å²) < 4.78 is 1.92. The molecule has 1 aromatic heterocycles. The number of rotatable bonds is 4. The summed E-state index contributed by atoms with van der Waals surface area (Å²) in [5.74, 6) is 0. The molecular weight excluding hydrogens is 250 g/mol. The van der Waals surface area contributed by atoms with Crippen LogP contribution in [0.5, 0.6) is 0 Å². The van der Waals surface area contributed by atoms with Crippen LogP contribution in [0.1, 0.15) is 56.5 Å². The van der Waals surface area contributed by atoms with Crippen LogP contribution >= 0.6 is 0 Å². The second-order valence-corrected chi connectivity index (χ2v) is 7.27. The fraction of sp³-hybridized carbons (Fsp3) is 0.812. The summed E-state index contributed by atoms with van der Waals surface area (Å²) in [6, 6.07) is 0. The largest absolute Gasteiger partial charge is 0.389 e. The molecule has 1 aliphatic carbocycles. The van der Waals surface area contributed by atoms with Crippen LogP contribution in [0.15, 0.2) is 0 Å². The van der Waals surface area contributed by atoms with Gasteiger partial charge in [-0.05, 0) is 44.9 Å². The lowest BCUT2D eigenvalue weighted by molar-refractivity contribution is -0.0245. The van der Waals surface area contributed by atoms with Gasteiger partial charge in [-0.15, -0.1) is 0 Å². The Labute approximate surface area is 122 Å². The molecule has 0 aliphatic heterocycles. The Morgan fingerprint density at radius 2 is 1.80 bits per heavy atom. The van der Waals surface area contributed by atoms with E-state index in [4.69, 9.17) is 0 Å². The van der Waals surface area contributed by atoms with E-state index in [1.165, 1.54) is 11.3 Å². The Bertz CT molecular complexity index is 466. The summed E-state index contributed by atoms with van der Waals surface area (Å²) >= 11 is 0. The third-order valence-corrected chi connectivity index (χ3v) is 4.95. The van der Waals surface area contributed by atoms with E-state index >= 15 is 0 Å². The summed E-state index contributed by atoms with van der Waals surface area (Å²) in [7, 11) is 1.97. The van der Waals surface area contributed by atoms with Crippen molar-refractivity contribution in [1.29, 1.82) is 0 Å². The van der Waals surface area contributed by atoms with Crippen molar-refractivity contribution in [2.45, 2.75) is 65.5 Å². The predicted molar refractivity (Wildman–Crippen MR) is 81.6 cm³/mol. The molecule has 0 radical (unpaired) electrons. The van der Waals surface area contributed by atoms with Crippen LogP contribution < -0.4 is 5.32 Å². The van der Waals surface area contributed by atoms with E-state index in [0.717, 1.165) is 37.9 Å². The molecule has 2 N–H and O–H groups in total. The quantitative estimate of drug-likeness (QED) is 0.890. The number of nitrogens with one attached hydrogen (secondary N) is 1. The molecule has 0 aromatic carbocycles. The molecule has 20 heavy (non-hydrogen) atoms. The maximum atomic E-state index is 10.6. The van der Waals surface area contributed by atoms with Crippen molar-refractivity contribution in [3.63, 3.8) is 0 Å². The molecule has 0 spiro atoms. The summed E-state index contributed by atoms with van der Waals surface area (Å²) in [5, 5.41) is 18.5. The second kappa shape index (κ2) is 5.49. The number of hydrogen-bond acceptors (Lipinski definition) is 3. The first kappa shape index (κ1) is 15.5. The Kier molecular flexibility index (Phi) is 4.26. The average Bonchev–Trinajstić information content (AvgIpc) is 2.60. The van der Waals surface area contributed by atoms with Gasteiger partial charge in [-0.1, -0.05) is 13.8 Å². The Morgan fingerprint density at radius 1 is 1.20 bits per heavy atom. The van der Waals surface area contributed by atoms with Crippen molar-refractivity contribution in [3.8, 4) is 0 Å². The van der Waals surface area contributed by atoms with Gasteiger partial charge in [-0.3, -0.25) is 4.68 Å². The highest BCUT2D eigenvalue weighted by Crippen LogP contribution is 2.39. The minimum absolute atomic E-state index is 0.392. The maximum Gasteiger partial charge on any atom is 0.0772 e. The van der Waals surface area contributed by atoms with Gasteiger partial charge < -0.3 is 10.4 Å². The standard InChI is InChI=1S/C16H29N3O/c1-12-14(13(2)19(5)18-12)10-17-11-16(20)8-6-15(3,4)7-9-16/h17,20H,6-11H2,1-5H3. The van der Waals surface area contributed by atoms with Gasteiger partial charge in [-0.25, -0.2) is 0 Å². The first-order valence-corrected chi connectivity index (χ1v) is 7.65. The Hall–Kier alpha value is -0.870. The van der Waals surface area contributed by atoms with Crippen LogP contribution in [0.2, 0.25) is 0 Å². The molecule has 2 rings (SSSR count). The molecule has 4 heteroatoms. The van der Waals surface area contributed by atoms with E-state index in [2.05, 4.69) is 31.2 Å². The topological polar surface area (TPSA) is 50.1 Å². The third kappa shape index (κ3) is 3.41. The van der Waals surface area contributed by atoms with Crippen LogP contribution in [-0.2, 0) is 13.6 Å². The second-order valence-electron chi connectivity index (χ2n) is 7.27. The number of hydrogen-bond donors (Lipinski definition) is 2. The highest BCUT2D eigenvalue weighted by molar-refractivity contribution is 5.24. The molecule has 1 saturated carbocycles. The van der Waals surface area contributed by atoms with E-state index in [0.29, 0.717) is 12.0 Å². The fourth-order valence-corrected chi connectivity index (χ4v) is 3.06. The lowest BCUT2D eigenvalue weighted by Gasteiger charge is -2.40. The van der Waals surface area contributed by atoms with Crippen molar-refractivity contribution < 1.29 is 5.11 Å². The van der Waals surface area contributed by atoms with Gasteiger partial charge in [0.05, 0.1) is 11.3 Å². The van der Waals surface area contributed by atoms with Crippen LogP contribution in [-0.4, -0.2) is 27.0 Å². The van der Waals surface area contributed by atoms with Gasteiger partial charge >= 0.3 is 0 Å². The first-order chi connectivity index (χ1) is 9.22. The minimum Gasteiger partial charge on any atom is -0.389 e. The van der Waals surface area contributed by atoms with Gasteiger partial charge in [-0.2, -0.15) is 5.10 Å². The summed E-state index contributed by atoms with van der Waals surface area (Å²) in [5.41, 5.74) is 3.40. The maximum absolute atomic E-state index is 10.6. The average molecular weight is 279 g/mol. The normalized spacial score (nSPS) is 21.1. The van der Waals surface area contributed by atoms with E-state index in [-0.39, 0.29) is 0 Å². The van der Waals surface area contributed by atoms with Crippen molar-refractivity contribution in [2.75, 3.05) is 6.54 Å². The Balaban J connectivity index is 1.87. The van der Waals surface area contributed by atoms with Crippen LogP contribution in [0, 0.1) is 19.3 Å². The molecule has 4 nitrogen and oxygen atoms in total. The van der Waals surface area contributed by atoms with Crippen molar-refractivity contribution >= 4 is 0 Å². The molecule has 114 valence electrons. The molecule has 0 amide bonds. The van der Waals surface area contributed by atoms with Gasteiger partial charge in [0, 0.05) is 31.4 Å². The summed E-state index contributed by atoms with van der Waals surface area (Å²) in [6.45, 7) is 10.2. The third-order valence-electron chi connectivity index (χ3n) is 4.95. The SMILES string of the molecule is Cc1nn(C)c(C)c1CNCC1(O)CCC(C)(C)CC1. The molecule has 0 saturated heterocycles. The monoisotopic (exact) mass is 279 g/mol. The Morgan fingerprint density at radius 3 is 2.30 bits per heavy atom. The van der Waals surface area contributed by atoms with Gasteiger partial charge in [0.25, 0.3) is 0 Å². The molecule has 0 unspecified atom stereocenters. The zero-order valence-corrected chi connectivity index (χ0v) is 13.6. The van der Waals surface area contributed by atoms with Crippen molar-refractivity contribution in [2.24, 2.45) is 12.5 Å². The highest BCUT2D eigenvalue weighted by atomic mass is 16.3. The fourth-order valence-electron chi connectivity index (χ4n) is 3.06. The molecule has 0 atom stereocenters. The highest BCUT2D eigenvalue weighted by Gasteiger charge is 2.36. The molecule has 1 aromatic rings. The van der Waals surface area contributed by atoms with Gasteiger partial charge in [0.2, 0.25) is 0 Å². The lowest BCUT2D eigenvalue weighted by Crippen LogP contribution is -2.44. The van der Waals surface area contributed by atoms with Crippen LogP contribution in [0.4, 0.5) is 0 Å². The van der Waals surface area contributed by atoms with Crippen molar-refractivity contribution in [1.82, 2.24) is 15.1 Å². The van der Waals surface area contributed by atoms with E-state index in [1.54, 1.807) is 0 Å². The summed E-state index contributed by atoms with van der Waals surface area (Å²) in [4.78, 5) is 0. The summed E-state index contributed by atoms with van der Waals surface area (Å²) in [6.07, 6.45) is 4.02. The van der Waals surface area contributed by atoms with Crippen molar-refractivity contribution in [3.05, 3.63) is 17.0 Å². The minimum atomic E-state index is -0.528.